The molecule has 0 saturated carbocycles. The molecule has 18 heavy (non-hydrogen) atoms. The van der Waals surface area contributed by atoms with Crippen molar-refractivity contribution in [2.24, 2.45) is 0 Å². The highest BCUT2D eigenvalue weighted by Gasteiger charge is 2.32. The Balaban J connectivity index is 2.55. The van der Waals surface area contributed by atoms with Crippen molar-refractivity contribution < 1.29 is 14.6 Å². The third-order valence-corrected chi connectivity index (χ3v) is 3.48. The van der Waals surface area contributed by atoms with Crippen molar-refractivity contribution in [3.8, 4) is 11.5 Å². The number of phenolic OH excluding ortho intramolecular Hbond substituents is 1. The maximum Gasteiger partial charge on any atom is 0.171 e. The molecule has 1 aromatic carbocycles. The molecule has 0 spiro atoms. The summed E-state index contributed by atoms with van der Waals surface area (Å²) in [6.07, 6.45) is 1.37. The highest BCUT2D eigenvalue weighted by Crippen LogP contribution is 2.44. The fourth-order valence-corrected chi connectivity index (χ4v) is 2.35. The van der Waals surface area contributed by atoms with Crippen LogP contribution in [0.2, 0.25) is 0 Å². The zero-order valence-corrected chi connectivity index (χ0v) is 11.4. The van der Waals surface area contributed by atoms with Crippen molar-refractivity contribution in [2.45, 2.75) is 52.6 Å². The van der Waals surface area contributed by atoms with Gasteiger partial charge in [-0.1, -0.05) is 13.8 Å². The van der Waals surface area contributed by atoms with Crippen molar-refractivity contribution >= 4 is 5.78 Å². The number of fused-ring (bicyclic) bond motifs is 1. The first-order chi connectivity index (χ1) is 8.45. The quantitative estimate of drug-likeness (QED) is 0.888. The Morgan fingerprint density at radius 1 is 1.39 bits per heavy atom. The van der Waals surface area contributed by atoms with E-state index < -0.39 is 0 Å². The molecule has 3 heteroatoms. The summed E-state index contributed by atoms with van der Waals surface area (Å²) in [5.41, 5.74) is 2.18. The highest BCUT2D eigenvalue weighted by molar-refractivity contribution is 6.09. The van der Waals surface area contributed by atoms with E-state index in [-0.39, 0.29) is 23.6 Å². The summed E-state index contributed by atoms with van der Waals surface area (Å²) in [6, 6.07) is 1.91. The van der Waals surface area contributed by atoms with Crippen LogP contribution >= 0.6 is 0 Å². The number of hydrogen-bond acceptors (Lipinski definition) is 3. The minimum atomic E-state index is 0.0307. The van der Waals surface area contributed by atoms with E-state index in [1.807, 2.05) is 26.8 Å². The Hall–Kier alpha value is -1.51. The molecular formula is C15H20O3. The number of carbonyl (C=O) groups excluding carboxylic acids is 1. The second-order valence-corrected chi connectivity index (χ2v) is 5.25. The zero-order chi connectivity index (χ0) is 13.4. The molecule has 0 fully saturated rings. The van der Waals surface area contributed by atoms with E-state index in [4.69, 9.17) is 4.74 Å². The van der Waals surface area contributed by atoms with E-state index in [0.29, 0.717) is 12.0 Å². The Morgan fingerprint density at radius 2 is 2.06 bits per heavy atom. The summed E-state index contributed by atoms with van der Waals surface area (Å²) in [6.45, 7) is 8.02. The van der Waals surface area contributed by atoms with Crippen LogP contribution in [0.15, 0.2) is 6.07 Å². The van der Waals surface area contributed by atoms with Crippen molar-refractivity contribution in [2.75, 3.05) is 0 Å². The second kappa shape index (κ2) is 4.63. The third kappa shape index (κ3) is 1.98. The summed E-state index contributed by atoms with van der Waals surface area (Å²) in [5, 5.41) is 10.3. The molecular weight excluding hydrogens is 228 g/mol. The molecule has 98 valence electrons. The maximum absolute atomic E-state index is 11.5. The molecule has 0 bridgehead atoms. The Morgan fingerprint density at radius 3 is 2.56 bits per heavy atom. The average Bonchev–Trinajstić information content (AvgIpc) is 2.25. The topological polar surface area (TPSA) is 46.5 Å². The van der Waals surface area contributed by atoms with Gasteiger partial charge in [0, 0.05) is 12.0 Å². The fourth-order valence-electron chi connectivity index (χ4n) is 2.35. The molecule has 2 rings (SSSR count). The van der Waals surface area contributed by atoms with E-state index in [2.05, 4.69) is 6.92 Å². The summed E-state index contributed by atoms with van der Waals surface area (Å²) in [7, 11) is 0. The number of ether oxygens (including phenoxy) is 1. The number of ketones is 1. The van der Waals surface area contributed by atoms with Crippen molar-refractivity contribution in [1.82, 2.24) is 0 Å². The van der Waals surface area contributed by atoms with Crippen LogP contribution in [-0.2, 0) is 6.42 Å². The molecule has 0 radical (unpaired) electrons. The van der Waals surface area contributed by atoms with E-state index in [0.717, 1.165) is 23.3 Å². The lowest BCUT2D eigenvalue weighted by molar-refractivity contribution is 0.0963. The van der Waals surface area contributed by atoms with E-state index >= 15 is 0 Å². The van der Waals surface area contributed by atoms with Crippen LogP contribution in [-0.4, -0.2) is 17.0 Å². The molecule has 0 aliphatic heterocycles. The van der Waals surface area contributed by atoms with Gasteiger partial charge in [0.15, 0.2) is 5.78 Å². The number of carbonyl (C=O) groups is 1. The van der Waals surface area contributed by atoms with Gasteiger partial charge in [-0.15, -0.1) is 0 Å². The molecule has 0 amide bonds. The first kappa shape index (κ1) is 12.9. The van der Waals surface area contributed by atoms with Gasteiger partial charge in [0.05, 0.1) is 11.7 Å². The lowest BCUT2D eigenvalue weighted by atomic mass is 9.81. The number of Topliss-reactive ketones (excluding diaryl/α,β-unsaturated/α-hetero) is 1. The molecule has 0 saturated heterocycles. The van der Waals surface area contributed by atoms with Gasteiger partial charge in [0.25, 0.3) is 0 Å². The van der Waals surface area contributed by atoms with Gasteiger partial charge in [-0.2, -0.15) is 0 Å². The molecule has 3 nitrogen and oxygen atoms in total. The lowest BCUT2D eigenvalue weighted by Crippen LogP contribution is -2.21. The minimum Gasteiger partial charge on any atom is -0.507 e. The van der Waals surface area contributed by atoms with Crippen LogP contribution in [0.4, 0.5) is 0 Å². The van der Waals surface area contributed by atoms with Gasteiger partial charge < -0.3 is 9.84 Å². The Kier molecular flexibility index (Phi) is 3.33. The van der Waals surface area contributed by atoms with Crippen LogP contribution < -0.4 is 4.74 Å². The van der Waals surface area contributed by atoms with Crippen molar-refractivity contribution in [3.05, 3.63) is 22.8 Å². The SMILES string of the molecule is CCC(C)c1c(OC(C)C)cc2c(c1O)C(=O)C2. The lowest BCUT2D eigenvalue weighted by Gasteiger charge is -2.26. The maximum atomic E-state index is 11.5. The fraction of sp³-hybridized carbons (Fsp3) is 0.533. The van der Waals surface area contributed by atoms with Gasteiger partial charge in [-0.05, 0) is 37.8 Å². The van der Waals surface area contributed by atoms with Crippen LogP contribution in [0.25, 0.3) is 0 Å². The number of rotatable bonds is 4. The highest BCUT2D eigenvalue weighted by atomic mass is 16.5. The smallest absolute Gasteiger partial charge is 0.171 e. The molecule has 1 atom stereocenters. The van der Waals surface area contributed by atoms with Crippen molar-refractivity contribution in [1.29, 1.82) is 0 Å². The third-order valence-electron chi connectivity index (χ3n) is 3.48. The Labute approximate surface area is 108 Å². The summed E-state index contributed by atoms with van der Waals surface area (Å²) < 4.78 is 5.78. The summed E-state index contributed by atoms with van der Waals surface area (Å²) in [4.78, 5) is 11.5. The van der Waals surface area contributed by atoms with Gasteiger partial charge in [-0.25, -0.2) is 0 Å². The Bertz CT molecular complexity index is 489. The molecule has 1 unspecified atom stereocenters. The molecule has 1 N–H and O–H groups in total. The summed E-state index contributed by atoms with van der Waals surface area (Å²) >= 11 is 0. The predicted molar refractivity (Wildman–Crippen MR) is 70.6 cm³/mol. The standard InChI is InChI=1S/C15H20O3/c1-5-9(4)13-12(18-8(2)3)7-10-6-11(16)14(10)15(13)17/h7-9,17H,5-6H2,1-4H3. The van der Waals surface area contributed by atoms with Crippen LogP contribution in [0.1, 0.15) is 61.5 Å². The second-order valence-electron chi connectivity index (χ2n) is 5.25. The van der Waals surface area contributed by atoms with E-state index in [1.165, 1.54) is 0 Å². The number of hydrogen-bond donors (Lipinski definition) is 1. The summed E-state index contributed by atoms with van der Waals surface area (Å²) in [5.74, 6) is 1.07. The molecule has 1 aromatic rings. The van der Waals surface area contributed by atoms with Crippen LogP contribution in [0, 0.1) is 0 Å². The van der Waals surface area contributed by atoms with Gasteiger partial charge in [-0.3, -0.25) is 4.79 Å². The van der Waals surface area contributed by atoms with E-state index in [9.17, 15) is 9.90 Å². The number of benzene rings is 1. The van der Waals surface area contributed by atoms with Crippen molar-refractivity contribution in [3.63, 3.8) is 0 Å². The van der Waals surface area contributed by atoms with Crippen LogP contribution in [0.3, 0.4) is 0 Å². The van der Waals surface area contributed by atoms with Gasteiger partial charge >= 0.3 is 0 Å². The zero-order valence-electron chi connectivity index (χ0n) is 11.4. The molecule has 1 aliphatic rings. The minimum absolute atomic E-state index is 0.0307. The van der Waals surface area contributed by atoms with E-state index in [1.54, 1.807) is 0 Å². The molecule has 0 heterocycles. The molecule has 0 aromatic heterocycles. The average molecular weight is 248 g/mol. The monoisotopic (exact) mass is 248 g/mol. The number of aromatic hydroxyl groups is 1. The first-order valence-electron chi connectivity index (χ1n) is 6.54. The van der Waals surface area contributed by atoms with Gasteiger partial charge in [0.2, 0.25) is 0 Å². The first-order valence-corrected chi connectivity index (χ1v) is 6.54. The normalized spacial score (nSPS) is 15.3. The van der Waals surface area contributed by atoms with Crippen LogP contribution in [0.5, 0.6) is 11.5 Å². The predicted octanol–water partition coefficient (Wildman–Crippen LogP) is 3.43. The number of phenols is 1. The largest absolute Gasteiger partial charge is 0.507 e. The van der Waals surface area contributed by atoms with Gasteiger partial charge in [0.1, 0.15) is 11.5 Å². The molecule has 1 aliphatic carbocycles.